The molecule has 1 aliphatic rings. The summed E-state index contributed by atoms with van der Waals surface area (Å²) in [5, 5.41) is 2.91. The highest BCUT2D eigenvalue weighted by atomic mass is 35.5. The Balaban J connectivity index is 0.00000225. The molecule has 0 spiro atoms. The van der Waals surface area contributed by atoms with Gasteiger partial charge in [-0.05, 0) is 26.7 Å². The molecule has 0 aromatic carbocycles. The molecule has 0 aromatic heterocycles. The van der Waals surface area contributed by atoms with Crippen molar-refractivity contribution in [2.45, 2.75) is 38.8 Å². The van der Waals surface area contributed by atoms with E-state index in [1.165, 1.54) is 0 Å². The van der Waals surface area contributed by atoms with Gasteiger partial charge < -0.3 is 9.47 Å². The minimum Gasteiger partial charge on any atom is -0.465 e. The summed E-state index contributed by atoms with van der Waals surface area (Å²) in [7, 11) is 0. The number of carbonyl (C=O) groups excluding carboxylic acids is 2. The van der Waals surface area contributed by atoms with Crippen molar-refractivity contribution in [3.05, 3.63) is 0 Å². The Bertz CT molecular complexity index is 223. The molecule has 1 heterocycles. The van der Waals surface area contributed by atoms with E-state index in [2.05, 4.69) is 5.32 Å². The normalized spacial score (nSPS) is 23.4. The lowest BCUT2D eigenvalue weighted by Gasteiger charge is -2.12. The molecule has 0 saturated carbocycles. The van der Waals surface area contributed by atoms with Crippen LogP contribution in [0.5, 0.6) is 0 Å². The fourth-order valence-corrected chi connectivity index (χ4v) is 1.60. The molecular formula is C10H18ClNO4. The summed E-state index contributed by atoms with van der Waals surface area (Å²) in [5.74, 6) is -0.575. The molecule has 6 heteroatoms. The molecule has 1 rings (SSSR count). The second kappa shape index (κ2) is 7.46. The van der Waals surface area contributed by atoms with E-state index in [1.807, 2.05) is 0 Å². The lowest BCUT2D eigenvalue weighted by molar-refractivity contribution is -0.146. The predicted molar refractivity (Wildman–Crippen MR) is 60.5 cm³/mol. The quantitative estimate of drug-likeness (QED) is 0.744. The van der Waals surface area contributed by atoms with Gasteiger partial charge in [-0.3, -0.25) is 14.9 Å². The number of ether oxygens (including phenoxy) is 2. The summed E-state index contributed by atoms with van der Waals surface area (Å²) in [5.41, 5.74) is 0. The Labute approximate surface area is 101 Å². The zero-order valence-corrected chi connectivity index (χ0v) is 10.3. The number of nitrogens with one attached hydrogen (secondary N) is 1. The molecule has 16 heavy (non-hydrogen) atoms. The smallest absolute Gasteiger partial charge is 0.323 e. The Morgan fingerprint density at radius 1 is 1.06 bits per heavy atom. The monoisotopic (exact) mass is 251 g/mol. The van der Waals surface area contributed by atoms with Gasteiger partial charge in [-0.2, -0.15) is 0 Å². The highest BCUT2D eigenvalue weighted by Gasteiger charge is 2.34. The molecule has 0 radical (unpaired) electrons. The second-order valence-electron chi connectivity index (χ2n) is 3.35. The van der Waals surface area contributed by atoms with Gasteiger partial charge in [-0.1, -0.05) is 0 Å². The first-order chi connectivity index (χ1) is 7.19. The van der Waals surface area contributed by atoms with Crippen LogP contribution in [-0.2, 0) is 19.1 Å². The van der Waals surface area contributed by atoms with Crippen LogP contribution >= 0.6 is 12.4 Å². The number of esters is 2. The van der Waals surface area contributed by atoms with Crippen molar-refractivity contribution in [2.24, 2.45) is 0 Å². The summed E-state index contributed by atoms with van der Waals surface area (Å²) in [6.07, 6.45) is 1.25. The van der Waals surface area contributed by atoms with E-state index >= 15 is 0 Å². The van der Waals surface area contributed by atoms with Crippen LogP contribution in [0.3, 0.4) is 0 Å². The van der Waals surface area contributed by atoms with Gasteiger partial charge in [0.2, 0.25) is 0 Å². The summed E-state index contributed by atoms with van der Waals surface area (Å²) >= 11 is 0. The van der Waals surface area contributed by atoms with Gasteiger partial charge in [0.25, 0.3) is 0 Å². The van der Waals surface area contributed by atoms with E-state index in [9.17, 15) is 9.59 Å². The van der Waals surface area contributed by atoms with Crippen LogP contribution in [0, 0.1) is 0 Å². The average Bonchev–Trinajstić information content (AvgIpc) is 2.67. The summed E-state index contributed by atoms with van der Waals surface area (Å²) < 4.78 is 9.72. The molecule has 2 atom stereocenters. The number of halogens is 1. The summed E-state index contributed by atoms with van der Waals surface area (Å²) in [4.78, 5) is 22.7. The zero-order valence-electron chi connectivity index (χ0n) is 9.52. The Hall–Kier alpha value is -0.810. The number of carbonyl (C=O) groups is 2. The third-order valence-corrected chi connectivity index (χ3v) is 2.29. The topological polar surface area (TPSA) is 64.6 Å². The highest BCUT2D eigenvalue weighted by Crippen LogP contribution is 2.14. The third kappa shape index (κ3) is 3.98. The number of hydrogen-bond donors (Lipinski definition) is 1. The van der Waals surface area contributed by atoms with Crippen molar-refractivity contribution < 1.29 is 19.1 Å². The molecule has 0 bridgehead atoms. The minimum atomic E-state index is -0.362. The third-order valence-electron chi connectivity index (χ3n) is 2.29. The molecular weight excluding hydrogens is 234 g/mol. The van der Waals surface area contributed by atoms with Crippen LogP contribution in [0.15, 0.2) is 0 Å². The van der Waals surface area contributed by atoms with Gasteiger partial charge in [-0.15, -0.1) is 12.4 Å². The number of rotatable bonds is 4. The van der Waals surface area contributed by atoms with Gasteiger partial charge >= 0.3 is 11.9 Å². The average molecular weight is 252 g/mol. The Kier molecular flexibility index (Phi) is 7.08. The summed E-state index contributed by atoms with van der Waals surface area (Å²) in [6.45, 7) is 4.24. The Morgan fingerprint density at radius 2 is 1.44 bits per heavy atom. The molecule has 1 aliphatic heterocycles. The van der Waals surface area contributed by atoms with Crippen molar-refractivity contribution in [1.82, 2.24) is 5.32 Å². The van der Waals surface area contributed by atoms with Gasteiger partial charge in [0.05, 0.1) is 13.2 Å². The van der Waals surface area contributed by atoms with Crippen molar-refractivity contribution in [3.63, 3.8) is 0 Å². The first-order valence-corrected chi connectivity index (χ1v) is 5.28. The maximum absolute atomic E-state index is 11.3. The standard InChI is InChI=1S/C10H17NO4.ClH/c1-3-14-9(12)7-5-6-8(11-7)10(13)15-4-2;/h7-8,11H,3-6H2,1-2H3;1H. The predicted octanol–water partition coefficient (Wildman–Crippen LogP) is 0.655. The van der Waals surface area contributed by atoms with E-state index in [1.54, 1.807) is 13.8 Å². The van der Waals surface area contributed by atoms with Crippen molar-refractivity contribution in [2.75, 3.05) is 13.2 Å². The van der Waals surface area contributed by atoms with Crippen molar-refractivity contribution in [3.8, 4) is 0 Å². The first kappa shape index (κ1) is 15.2. The maximum atomic E-state index is 11.3. The van der Waals surface area contributed by atoms with Crippen LogP contribution in [0.2, 0.25) is 0 Å². The fraction of sp³-hybridized carbons (Fsp3) is 0.800. The highest BCUT2D eigenvalue weighted by molar-refractivity contribution is 5.85. The largest absolute Gasteiger partial charge is 0.465 e. The van der Waals surface area contributed by atoms with E-state index in [4.69, 9.17) is 9.47 Å². The summed E-state index contributed by atoms with van der Waals surface area (Å²) in [6, 6.07) is -0.723. The molecule has 5 nitrogen and oxygen atoms in total. The number of hydrogen-bond acceptors (Lipinski definition) is 5. The van der Waals surface area contributed by atoms with Gasteiger partial charge in [0, 0.05) is 0 Å². The van der Waals surface area contributed by atoms with Gasteiger partial charge in [0.15, 0.2) is 0 Å². The van der Waals surface area contributed by atoms with E-state index in [0.29, 0.717) is 26.1 Å². The molecule has 1 N–H and O–H groups in total. The lowest BCUT2D eigenvalue weighted by Crippen LogP contribution is -2.41. The zero-order chi connectivity index (χ0) is 11.3. The molecule has 2 unspecified atom stereocenters. The van der Waals surface area contributed by atoms with Crippen LogP contribution < -0.4 is 5.32 Å². The van der Waals surface area contributed by atoms with E-state index in [0.717, 1.165) is 0 Å². The molecule has 0 amide bonds. The van der Waals surface area contributed by atoms with Crippen molar-refractivity contribution in [1.29, 1.82) is 0 Å². The van der Waals surface area contributed by atoms with Crippen LogP contribution in [0.25, 0.3) is 0 Å². The van der Waals surface area contributed by atoms with Crippen LogP contribution in [-0.4, -0.2) is 37.2 Å². The van der Waals surface area contributed by atoms with E-state index < -0.39 is 0 Å². The van der Waals surface area contributed by atoms with Crippen LogP contribution in [0.4, 0.5) is 0 Å². The maximum Gasteiger partial charge on any atom is 0.323 e. The van der Waals surface area contributed by atoms with E-state index in [-0.39, 0.29) is 36.4 Å². The molecule has 1 fully saturated rings. The van der Waals surface area contributed by atoms with Gasteiger partial charge in [0.1, 0.15) is 12.1 Å². The first-order valence-electron chi connectivity index (χ1n) is 5.28. The molecule has 0 aromatic rings. The van der Waals surface area contributed by atoms with Crippen LogP contribution in [0.1, 0.15) is 26.7 Å². The van der Waals surface area contributed by atoms with Gasteiger partial charge in [-0.25, -0.2) is 0 Å². The fourth-order valence-electron chi connectivity index (χ4n) is 1.60. The lowest BCUT2D eigenvalue weighted by atomic mass is 10.2. The Morgan fingerprint density at radius 3 is 1.75 bits per heavy atom. The minimum absolute atomic E-state index is 0. The van der Waals surface area contributed by atoms with Crippen molar-refractivity contribution >= 4 is 24.3 Å². The molecule has 94 valence electrons. The SMILES string of the molecule is CCOC(=O)C1CCC(C(=O)OCC)N1.Cl. The molecule has 0 aliphatic carbocycles. The molecule has 1 saturated heterocycles. The second-order valence-corrected chi connectivity index (χ2v) is 3.35.